The van der Waals surface area contributed by atoms with Crippen molar-refractivity contribution in [2.75, 3.05) is 6.54 Å². The summed E-state index contributed by atoms with van der Waals surface area (Å²) in [5.41, 5.74) is 1.37. The maximum atomic E-state index is 3.91. The summed E-state index contributed by atoms with van der Waals surface area (Å²) in [5.74, 6) is 0. The zero-order chi connectivity index (χ0) is 10.1. The van der Waals surface area contributed by atoms with E-state index in [0.717, 1.165) is 11.9 Å². The van der Waals surface area contributed by atoms with Crippen LogP contribution in [0.5, 0.6) is 0 Å². The molecule has 0 saturated carbocycles. The summed E-state index contributed by atoms with van der Waals surface area (Å²) in [6.45, 7) is 1.14. The van der Waals surface area contributed by atoms with E-state index in [2.05, 4.69) is 33.7 Å². The Balaban J connectivity index is 2.05. The summed E-state index contributed by atoms with van der Waals surface area (Å²) in [7, 11) is 0. The molecule has 1 aromatic carbocycles. The Morgan fingerprint density at radius 3 is 2.80 bits per heavy atom. The second-order valence-corrected chi connectivity index (χ2v) is 4.03. The molecule has 1 unspecified atom stereocenters. The second-order valence-electron chi connectivity index (χ2n) is 4.03. The second kappa shape index (κ2) is 3.59. The molecule has 0 aliphatic carbocycles. The molecule has 2 heterocycles. The molecule has 1 aromatic heterocycles. The standard InChI is InChI=1S/C12H13N3/c1-2-12(13-5-1)9-3-4-10-7-14-15-8-11(10)6-9/h3-4,6-8,12-13H,1-2,5H2. The highest BCUT2D eigenvalue weighted by molar-refractivity contribution is 5.81. The van der Waals surface area contributed by atoms with Crippen LogP contribution in [0.3, 0.4) is 0 Å². The smallest absolute Gasteiger partial charge is 0.0574 e. The number of hydrogen-bond donors (Lipinski definition) is 1. The van der Waals surface area contributed by atoms with Crippen LogP contribution in [0.4, 0.5) is 0 Å². The van der Waals surface area contributed by atoms with Crippen molar-refractivity contribution in [3.63, 3.8) is 0 Å². The predicted molar refractivity (Wildman–Crippen MR) is 59.5 cm³/mol. The van der Waals surface area contributed by atoms with Crippen LogP contribution in [0, 0.1) is 0 Å². The first-order valence-electron chi connectivity index (χ1n) is 5.37. The van der Waals surface area contributed by atoms with Crippen LogP contribution in [0.1, 0.15) is 24.4 Å². The molecule has 3 nitrogen and oxygen atoms in total. The fourth-order valence-corrected chi connectivity index (χ4v) is 2.20. The maximum absolute atomic E-state index is 3.91. The van der Waals surface area contributed by atoms with Crippen LogP contribution in [0.25, 0.3) is 10.8 Å². The van der Waals surface area contributed by atoms with Gasteiger partial charge in [0.05, 0.1) is 12.4 Å². The average molecular weight is 199 g/mol. The molecule has 15 heavy (non-hydrogen) atoms. The van der Waals surface area contributed by atoms with E-state index >= 15 is 0 Å². The van der Waals surface area contributed by atoms with Crippen LogP contribution in [0.15, 0.2) is 30.6 Å². The van der Waals surface area contributed by atoms with Crippen LogP contribution in [-0.4, -0.2) is 16.7 Å². The van der Waals surface area contributed by atoms with E-state index in [1.165, 1.54) is 23.8 Å². The lowest BCUT2D eigenvalue weighted by molar-refractivity contribution is 0.648. The minimum absolute atomic E-state index is 0.530. The number of rotatable bonds is 1. The molecule has 1 aliphatic heterocycles. The van der Waals surface area contributed by atoms with Gasteiger partial charge in [-0.15, -0.1) is 0 Å². The van der Waals surface area contributed by atoms with Crippen molar-refractivity contribution in [2.24, 2.45) is 0 Å². The number of aromatic nitrogens is 2. The normalized spacial score (nSPS) is 20.9. The third-order valence-corrected chi connectivity index (χ3v) is 3.03. The summed E-state index contributed by atoms with van der Waals surface area (Å²) >= 11 is 0. The van der Waals surface area contributed by atoms with E-state index in [1.807, 2.05) is 6.20 Å². The van der Waals surface area contributed by atoms with Crippen molar-refractivity contribution in [1.29, 1.82) is 0 Å². The molecule has 3 rings (SSSR count). The lowest BCUT2D eigenvalue weighted by atomic mass is 10.0. The highest BCUT2D eigenvalue weighted by atomic mass is 15.1. The highest BCUT2D eigenvalue weighted by Crippen LogP contribution is 2.25. The fourth-order valence-electron chi connectivity index (χ4n) is 2.20. The van der Waals surface area contributed by atoms with Gasteiger partial charge in [0.25, 0.3) is 0 Å². The predicted octanol–water partition coefficient (Wildman–Crippen LogP) is 2.05. The summed E-state index contributed by atoms with van der Waals surface area (Å²) in [6, 6.07) is 7.06. The summed E-state index contributed by atoms with van der Waals surface area (Å²) < 4.78 is 0. The van der Waals surface area contributed by atoms with E-state index in [4.69, 9.17) is 0 Å². The molecule has 1 N–H and O–H groups in total. The van der Waals surface area contributed by atoms with E-state index in [-0.39, 0.29) is 0 Å². The molecule has 2 aromatic rings. The molecule has 1 atom stereocenters. The number of benzene rings is 1. The quantitative estimate of drug-likeness (QED) is 0.763. The zero-order valence-electron chi connectivity index (χ0n) is 8.48. The largest absolute Gasteiger partial charge is 0.310 e. The Bertz CT molecular complexity index is 475. The zero-order valence-corrected chi connectivity index (χ0v) is 8.48. The molecule has 0 radical (unpaired) electrons. The Kier molecular flexibility index (Phi) is 2.10. The summed E-state index contributed by atoms with van der Waals surface area (Å²) in [4.78, 5) is 0. The molecule has 3 heteroatoms. The van der Waals surface area contributed by atoms with E-state index < -0.39 is 0 Å². The van der Waals surface area contributed by atoms with Gasteiger partial charge in [-0.05, 0) is 31.0 Å². The van der Waals surface area contributed by atoms with Gasteiger partial charge in [0, 0.05) is 16.8 Å². The van der Waals surface area contributed by atoms with E-state index in [1.54, 1.807) is 6.20 Å². The summed E-state index contributed by atoms with van der Waals surface area (Å²) in [5, 5.41) is 13.6. The molecule has 1 fully saturated rings. The minimum atomic E-state index is 0.530. The first-order chi connectivity index (χ1) is 7.43. The van der Waals surface area contributed by atoms with Gasteiger partial charge in [-0.25, -0.2) is 0 Å². The van der Waals surface area contributed by atoms with Crippen LogP contribution < -0.4 is 5.32 Å². The van der Waals surface area contributed by atoms with Crippen molar-refractivity contribution in [1.82, 2.24) is 15.5 Å². The van der Waals surface area contributed by atoms with Gasteiger partial charge in [0.1, 0.15) is 0 Å². The molecule has 0 spiro atoms. The van der Waals surface area contributed by atoms with Gasteiger partial charge >= 0.3 is 0 Å². The SMILES string of the molecule is c1cc2cnncc2cc1C1CCCN1. The van der Waals surface area contributed by atoms with Crippen LogP contribution in [-0.2, 0) is 0 Å². The Labute approximate surface area is 88.5 Å². The van der Waals surface area contributed by atoms with Crippen molar-refractivity contribution in [3.05, 3.63) is 36.2 Å². The summed E-state index contributed by atoms with van der Waals surface area (Å²) in [6.07, 6.45) is 6.15. The van der Waals surface area contributed by atoms with Gasteiger partial charge in [-0.1, -0.05) is 12.1 Å². The molecule has 1 aliphatic rings. The van der Waals surface area contributed by atoms with Crippen molar-refractivity contribution < 1.29 is 0 Å². The van der Waals surface area contributed by atoms with Gasteiger partial charge in [0.15, 0.2) is 0 Å². The van der Waals surface area contributed by atoms with Gasteiger partial charge < -0.3 is 5.32 Å². The average Bonchev–Trinajstić information content (AvgIpc) is 2.82. The molecule has 0 amide bonds. The molecule has 0 bridgehead atoms. The van der Waals surface area contributed by atoms with Crippen molar-refractivity contribution in [2.45, 2.75) is 18.9 Å². The van der Waals surface area contributed by atoms with Gasteiger partial charge in [-0.3, -0.25) is 0 Å². The molecule has 76 valence electrons. The monoisotopic (exact) mass is 199 g/mol. The topological polar surface area (TPSA) is 37.8 Å². The number of nitrogens with one attached hydrogen (secondary N) is 1. The first-order valence-corrected chi connectivity index (χ1v) is 5.37. The van der Waals surface area contributed by atoms with Crippen molar-refractivity contribution >= 4 is 10.8 Å². The third-order valence-electron chi connectivity index (χ3n) is 3.03. The van der Waals surface area contributed by atoms with Crippen LogP contribution in [0.2, 0.25) is 0 Å². The Morgan fingerprint density at radius 1 is 1.13 bits per heavy atom. The van der Waals surface area contributed by atoms with E-state index in [9.17, 15) is 0 Å². The Hall–Kier alpha value is -1.48. The maximum Gasteiger partial charge on any atom is 0.0574 e. The first kappa shape index (κ1) is 8.80. The fraction of sp³-hybridized carbons (Fsp3) is 0.333. The molecular weight excluding hydrogens is 186 g/mol. The van der Waals surface area contributed by atoms with Crippen LogP contribution >= 0.6 is 0 Å². The number of fused-ring (bicyclic) bond motifs is 1. The number of nitrogens with zero attached hydrogens (tertiary/aromatic N) is 2. The highest BCUT2D eigenvalue weighted by Gasteiger charge is 2.15. The van der Waals surface area contributed by atoms with Crippen molar-refractivity contribution in [3.8, 4) is 0 Å². The number of hydrogen-bond acceptors (Lipinski definition) is 3. The molecular formula is C12H13N3. The van der Waals surface area contributed by atoms with E-state index in [0.29, 0.717) is 6.04 Å². The lowest BCUT2D eigenvalue weighted by Gasteiger charge is -2.10. The lowest BCUT2D eigenvalue weighted by Crippen LogP contribution is -2.12. The van der Waals surface area contributed by atoms with Gasteiger partial charge in [-0.2, -0.15) is 10.2 Å². The third kappa shape index (κ3) is 1.59. The Morgan fingerprint density at radius 2 is 2.00 bits per heavy atom. The van der Waals surface area contributed by atoms with Gasteiger partial charge in [0.2, 0.25) is 0 Å². The minimum Gasteiger partial charge on any atom is -0.310 e. The molecule has 1 saturated heterocycles.